The van der Waals surface area contributed by atoms with Crippen LogP contribution < -0.4 is 10.6 Å². The Hall–Kier alpha value is -3.36. The molecule has 0 unspecified atom stereocenters. The maximum absolute atomic E-state index is 12.3. The molecule has 148 valence electrons. The Kier molecular flexibility index (Phi) is 6.25. The van der Waals surface area contributed by atoms with Gasteiger partial charge in [-0.15, -0.1) is 0 Å². The minimum Gasteiger partial charge on any atom is -0.472 e. The van der Waals surface area contributed by atoms with Crippen molar-refractivity contribution in [2.24, 2.45) is 5.92 Å². The number of nitrogens with zero attached hydrogens (tertiary/aromatic N) is 2. The molecule has 2 amide bonds. The SMILES string of the molecule is O=C(NCCNc1ccc([N+](=O)[O-])cc1)C1CCN(C(=O)c2ccoc2)CC1. The van der Waals surface area contributed by atoms with Crippen molar-refractivity contribution < 1.29 is 18.9 Å². The van der Waals surface area contributed by atoms with Crippen LogP contribution in [0.1, 0.15) is 23.2 Å². The largest absolute Gasteiger partial charge is 0.472 e. The molecule has 2 N–H and O–H groups in total. The molecular weight excluding hydrogens is 364 g/mol. The number of nitro benzene ring substituents is 1. The second kappa shape index (κ2) is 9.03. The van der Waals surface area contributed by atoms with E-state index in [-0.39, 0.29) is 23.4 Å². The van der Waals surface area contributed by atoms with E-state index in [1.54, 1.807) is 23.1 Å². The third-order valence-electron chi connectivity index (χ3n) is 4.75. The number of nitro groups is 1. The normalized spacial score (nSPS) is 14.5. The van der Waals surface area contributed by atoms with Crippen LogP contribution in [-0.4, -0.2) is 47.8 Å². The Bertz CT molecular complexity index is 811. The van der Waals surface area contributed by atoms with Crippen LogP contribution in [0.4, 0.5) is 11.4 Å². The van der Waals surface area contributed by atoms with Crippen LogP contribution in [0.25, 0.3) is 0 Å². The second-order valence-electron chi connectivity index (χ2n) is 6.60. The van der Waals surface area contributed by atoms with E-state index in [0.29, 0.717) is 44.6 Å². The second-order valence-corrected chi connectivity index (χ2v) is 6.60. The maximum atomic E-state index is 12.3. The zero-order valence-corrected chi connectivity index (χ0v) is 15.3. The van der Waals surface area contributed by atoms with Crippen molar-refractivity contribution in [3.05, 3.63) is 58.5 Å². The van der Waals surface area contributed by atoms with Crippen LogP contribution in [0.3, 0.4) is 0 Å². The fraction of sp³-hybridized carbons (Fsp3) is 0.368. The van der Waals surface area contributed by atoms with Crippen LogP contribution in [0.2, 0.25) is 0 Å². The number of piperidine rings is 1. The molecule has 2 heterocycles. The molecule has 0 bridgehead atoms. The van der Waals surface area contributed by atoms with E-state index in [9.17, 15) is 19.7 Å². The van der Waals surface area contributed by atoms with E-state index < -0.39 is 4.92 Å². The molecule has 1 aromatic heterocycles. The third-order valence-corrected chi connectivity index (χ3v) is 4.75. The smallest absolute Gasteiger partial charge is 0.269 e. The molecule has 1 fully saturated rings. The molecule has 2 aromatic rings. The highest BCUT2D eigenvalue weighted by Crippen LogP contribution is 2.19. The van der Waals surface area contributed by atoms with E-state index in [1.165, 1.54) is 24.7 Å². The number of carbonyl (C=O) groups excluding carboxylic acids is 2. The summed E-state index contributed by atoms with van der Waals surface area (Å²) < 4.78 is 4.94. The van der Waals surface area contributed by atoms with Crippen molar-refractivity contribution in [2.75, 3.05) is 31.5 Å². The molecule has 9 heteroatoms. The molecule has 0 saturated carbocycles. The lowest BCUT2D eigenvalue weighted by Crippen LogP contribution is -2.43. The fourth-order valence-electron chi connectivity index (χ4n) is 3.15. The number of amides is 2. The van der Waals surface area contributed by atoms with Crippen LogP contribution in [-0.2, 0) is 4.79 Å². The first-order valence-electron chi connectivity index (χ1n) is 9.12. The molecule has 1 aliphatic rings. The Morgan fingerprint density at radius 2 is 1.86 bits per heavy atom. The van der Waals surface area contributed by atoms with E-state index in [1.807, 2.05) is 0 Å². The number of non-ortho nitro benzene ring substituents is 1. The van der Waals surface area contributed by atoms with Crippen LogP contribution >= 0.6 is 0 Å². The van der Waals surface area contributed by atoms with Gasteiger partial charge in [0.2, 0.25) is 5.91 Å². The van der Waals surface area contributed by atoms with Gasteiger partial charge in [-0.3, -0.25) is 19.7 Å². The van der Waals surface area contributed by atoms with Gasteiger partial charge >= 0.3 is 0 Å². The average molecular weight is 386 g/mol. The summed E-state index contributed by atoms with van der Waals surface area (Å²) >= 11 is 0. The lowest BCUT2D eigenvalue weighted by molar-refractivity contribution is -0.384. The number of carbonyl (C=O) groups is 2. The average Bonchev–Trinajstić information content (AvgIpc) is 3.26. The van der Waals surface area contributed by atoms with Crippen molar-refractivity contribution in [1.82, 2.24) is 10.2 Å². The Morgan fingerprint density at radius 3 is 2.46 bits per heavy atom. The standard InChI is InChI=1S/C19H22N4O5/c24-18(21-9-8-20-16-1-3-17(4-2-16)23(26)27)14-5-10-22(11-6-14)19(25)15-7-12-28-13-15/h1-4,7,12-14,20H,5-6,8-11H2,(H,21,24). The summed E-state index contributed by atoms with van der Waals surface area (Å²) in [5, 5.41) is 16.6. The molecular formula is C19H22N4O5. The number of furan rings is 1. The quantitative estimate of drug-likeness (QED) is 0.428. The zero-order chi connectivity index (χ0) is 19.9. The predicted molar refractivity (Wildman–Crippen MR) is 102 cm³/mol. The molecule has 0 spiro atoms. The number of hydrogen-bond acceptors (Lipinski definition) is 6. The summed E-state index contributed by atoms with van der Waals surface area (Å²) in [5.41, 5.74) is 1.32. The summed E-state index contributed by atoms with van der Waals surface area (Å²) in [7, 11) is 0. The minimum absolute atomic E-state index is 0.0130. The van der Waals surface area contributed by atoms with E-state index >= 15 is 0 Å². The van der Waals surface area contributed by atoms with Crippen molar-refractivity contribution in [1.29, 1.82) is 0 Å². The number of rotatable bonds is 7. The number of likely N-dealkylation sites (tertiary alicyclic amines) is 1. The first-order chi connectivity index (χ1) is 13.5. The predicted octanol–water partition coefficient (Wildman–Crippen LogP) is 2.27. The summed E-state index contributed by atoms with van der Waals surface area (Å²) in [6.45, 7) is 2.05. The molecule has 1 aliphatic heterocycles. The first-order valence-corrected chi connectivity index (χ1v) is 9.12. The van der Waals surface area contributed by atoms with Gasteiger partial charge in [-0.05, 0) is 31.0 Å². The number of anilines is 1. The zero-order valence-electron chi connectivity index (χ0n) is 15.3. The minimum atomic E-state index is -0.446. The molecule has 0 atom stereocenters. The van der Waals surface area contributed by atoms with Crippen molar-refractivity contribution in [2.45, 2.75) is 12.8 Å². The van der Waals surface area contributed by atoms with Crippen molar-refractivity contribution in [3.8, 4) is 0 Å². The number of hydrogen-bond donors (Lipinski definition) is 2. The van der Waals surface area contributed by atoms with Crippen LogP contribution in [0.5, 0.6) is 0 Å². The van der Waals surface area contributed by atoms with Gasteiger partial charge < -0.3 is 20.0 Å². The van der Waals surface area contributed by atoms with Gasteiger partial charge in [0.25, 0.3) is 11.6 Å². The molecule has 28 heavy (non-hydrogen) atoms. The molecule has 9 nitrogen and oxygen atoms in total. The van der Waals surface area contributed by atoms with Gasteiger partial charge in [0.1, 0.15) is 6.26 Å². The van der Waals surface area contributed by atoms with Gasteiger partial charge in [-0.2, -0.15) is 0 Å². The molecule has 1 aromatic carbocycles. The Labute approximate surface area is 161 Å². The van der Waals surface area contributed by atoms with Gasteiger partial charge in [0.15, 0.2) is 0 Å². The van der Waals surface area contributed by atoms with E-state index in [4.69, 9.17) is 4.42 Å². The molecule has 0 radical (unpaired) electrons. The highest BCUT2D eigenvalue weighted by molar-refractivity contribution is 5.94. The lowest BCUT2D eigenvalue weighted by Gasteiger charge is -2.31. The van der Waals surface area contributed by atoms with Crippen LogP contribution in [0, 0.1) is 16.0 Å². The topological polar surface area (TPSA) is 118 Å². The van der Waals surface area contributed by atoms with Crippen LogP contribution in [0.15, 0.2) is 47.3 Å². The van der Waals surface area contributed by atoms with Gasteiger partial charge in [-0.25, -0.2) is 0 Å². The Morgan fingerprint density at radius 1 is 1.14 bits per heavy atom. The van der Waals surface area contributed by atoms with Gasteiger partial charge in [0, 0.05) is 49.9 Å². The number of benzene rings is 1. The van der Waals surface area contributed by atoms with E-state index in [2.05, 4.69) is 10.6 Å². The monoisotopic (exact) mass is 386 g/mol. The first kappa shape index (κ1) is 19.4. The molecule has 0 aliphatic carbocycles. The fourth-order valence-corrected chi connectivity index (χ4v) is 3.15. The molecule has 3 rings (SSSR count). The van der Waals surface area contributed by atoms with Crippen molar-refractivity contribution >= 4 is 23.2 Å². The summed E-state index contributed by atoms with van der Waals surface area (Å²) in [6.07, 6.45) is 4.16. The van der Waals surface area contributed by atoms with E-state index in [0.717, 1.165) is 5.69 Å². The van der Waals surface area contributed by atoms with Gasteiger partial charge in [0.05, 0.1) is 16.7 Å². The summed E-state index contributed by atoms with van der Waals surface area (Å²) in [5.74, 6) is -0.186. The summed E-state index contributed by atoms with van der Waals surface area (Å²) in [6, 6.07) is 7.76. The summed E-state index contributed by atoms with van der Waals surface area (Å²) in [4.78, 5) is 36.5. The highest BCUT2D eigenvalue weighted by atomic mass is 16.6. The maximum Gasteiger partial charge on any atom is 0.269 e. The third kappa shape index (κ3) is 4.87. The molecule has 1 saturated heterocycles. The Balaban J connectivity index is 1.35. The van der Waals surface area contributed by atoms with Crippen molar-refractivity contribution in [3.63, 3.8) is 0 Å². The number of nitrogens with one attached hydrogen (secondary N) is 2. The lowest BCUT2D eigenvalue weighted by atomic mass is 9.95. The highest BCUT2D eigenvalue weighted by Gasteiger charge is 2.27. The van der Waals surface area contributed by atoms with Gasteiger partial charge in [-0.1, -0.05) is 0 Å².